The lowest BCUT2D eigenvalue weighted by molar-refractivity contribution is -0.0277. The first-order chi connectivity index (χ1) is 11.1. The van der Waals surface area contributed by atoms with Crippen LogP contribution in [0.15, 0.2) is 58.7 Å². The fourth-order valence-electron chi connectivity index (χ4n) is 2.60. The predicted molar refractivity (Wildman–Crippen MR) is 90.4 cm³/mol. The van der Waals surface area contributed by atoms with Gasteiger partial charge in [0, 0.05) is 21.2 Å². The Balaban J connectivity index is 1.57. The Bertz CT molecular complexity index is 818. The Labute approximate surface area is 143 Å². The van der Waals surface area contributed by atoms with Crippen LogP contribution >= 0.6 is 23.2 Å². The van der Waals surface area contributed by atoms with Crippen molar-refractivity contribution in [3.05, 3.63) is 69.7 Å². The maximum absolute atomic E-state index is 6.03. The molecule has 0 saturated carbocycles. The lowest BCUT2D eigenvalue weighted by Gasteiger charge is -2.13. The van der Waals surface area contributed by atoms with Gasteiger partial charge in [-0.2, -0.15) is 4.99 Å². The third kappa shape index (κ3) is 2.80. The quantitative estimate of drug-likeness (QED) is 0.813. The highest BCUT2D eigenvalue weighted by molar-refractivity contribution is 6.31. The fourth-order valence-corrected chi connectivity index (χ4v) is 2.91. The van der Waals surface area contributed by atoms with Gasteiger partial charge in [-0.3, -0.25) is 0 Å². The van der Waals surface area contributed by atoms with Gasteiger partial charge in [-0.25, -0.2) is 0 Å². The molecule has 4 nitrogen and oxygen atoms in total. The summed E-state index contributed by atoms with van der Waals surface area (Å²) in [5.74, 6) is 0.546. The van der Waals surface area contributed by atoms with E-state index in [-0.39, 0.29) is 0 Å². The van der Waals surface area contributed by atoms with Gasteiger partial charge >= 0.3 is 0 Å². The second-order valence-corrected chi connectivity index (χ2v) is 6.35. The standard InChI is InChI=1S/C17H12Cl2N2O2/c18-13-6-4-11(5-7-13)16-20-17(10-22-16)9-15(21-23-17)12-2-1-3-14(19)8-12/h1-8H,9-10H2. The first-order valence-corrected chi connectivity index (χ1v) is 7.89. The Morgan fingerprint density at radius 3 is 2.57 bits per heavy atom. The topological polar surface area (TPSA) is 43.2 Å². The number of oxime groups is 1. The van der Waals surface area contributed by atoms with Crippen LogP contribution in [0.3, 0.4) is 0 Å². The van der Waals surface area contributed by atoms with E-state index in [1.807, 2.05) is 36.4 Å². The number of ether oxygens (including phenoxy) is 1. The zero-order valence-corrected chi connectivity index (χ0v) is 13.5. The van der Waals surface area contributed by atoms with Gasteiger partial charge in [-0.1, -0.05) is 40.5 Å². The minimum atomic E-state index is -0.785. The molecule has 2 aliphatic heterocycles. The van der Waals surface area contributed by atoms with E-state index in [2.05, 4.69) is 10.1 Å². The fraction of sp³-hybridized carbons (Fsp3) is 0.176. The minimum Gasteiger partial charge on any atom is -0.471 e. The Hall–Kier alpha value is -2.04. The summed E-state index contributed by atoms with van der Waals surface area (Å²) in [7, 11) is 0. The highest BCUT2D eigenvalue weighted by atomic mass is 35.5. The van der Waals surface area contributed by atoms with Gasteiger partial charge in [0.2, 0.25) is 5.90 Å². The highest BCUT2D eigenvalue weighted by Crippen LogP contribution is 2.34. The molecule has 2 aliphatic rings. The van der Waals surface area contributed by atoms with Crippen molar-refractivity contribution in [1.82, 2.24) is 0 Å². The van der Waals surface area contributed by atoms with Crippen LogP contribution in [0.4, 0.5) is 0 Å². The van der Waals surface area contributed by atoms with Gasteiger partial charge in [-0.15, -0.1) is 0 Å². The van der Waals surface area contributed by atoms with Gasteiger partial charge in [0.25, 0.3) is 5.72 Å². The Morgan fingerprint density at radius 1 is 0.957 bits per heavy atom. The third-order valence-corrected chi connectivity index (χ3v) is 4.25. The molecule has 0 aliphatic carbocycles. The van der Waals surface area contributed by atoms with E-state index in [1.54, 1.807) is 12.1 Å². The molecule has 0 radical (unpaired) electrons. The van der Waals surface area contributed by atoms with E-state index in [4.69, 9.17) is 32.8 Å². The third-order valence-electron chi connectivity index (χ3n) is 3.76. The van der Waals surface area contributed by atoms with Crippen LogP contribution in [0.25, 0.3) is 0 Å². The van der Waals surface area contributed by atoms with Crippen molar-refractivity contribution in [2.24, 2.45) is 10.1 Å². The zero-order chi connectivity index (χ0) is 15.9. The molecule has 0 amide bonds. The lowest BCUT2D eigenvalue weighted by atomic mass is 10.0. The summed E-state index contributed by atoms with van der Waals surface area (Å²) in [5.41, 5.74) is 1.83. The summed E-state index contributed by atoms with van der Waals surface area (Å²) in [5, 5.41) is 5.51. The summed E-state index contributed by atoms with van der Waals surface area (Å²) >= 11 is 11.9. The number of halogens is 2. The molecule has 0 aromatic heterocycles. The molecule has 0 saturated heterocycles. The van der Waals surface area contributed by atoms with Crippen molar-refractivity contribution in [2.75, 3.05) is 6.61 Å². The van der Waals surface area contributed by atoms with Crippen LogP contribution in [0.1, 0.15) is 17.5 Å². The van der Waals surface area contributed by atoms with Gasteiger partial charge in [0.15, 0.2) is 6.61 Å². The molecule has 0 fully saturated rings. The average Bonchev–Trinajstić information content (AvgIpc) is 3.16. The van der Waals surface area contributed by atoms with Crippen LogP contribution in [-0.4, -0.2) is 23.9 Å². The van der Waals surface area contributed by atoms with Crippen LogP contribution < -0.4 is 0 Å². The van der Waals surface area contributed by atoms with Gasteiger partial charge in [-0.05, 0) is 36.4 Å². The highest BCUT2D eigenvalue weighted by Gasteiger charge is 2.45. The van der Waals surface area contributed by atoms with E-state index < -0.39 is 5.72 Å². The summed E-state index contributed by atoms with van der Waals surface area (Å²) in [6.07, 6.45) is 0.546. The SMILES string of the molecule is Clc1ccc(C2=NC3(CO2)CC(c2cccc(Cl)c2)=NO3)cc1. The van der Waals surface area contributed by atoms with E-state index in [0.29, 0.717) is 29.0 Å². The maximum Gasteiger partial charge on any atom is 0.269 e. The number of hydrogen-bond acceptors (Lipinski definition) is 4. The zero-order valence-electron chi connectivity index (χ0n) is 12.0. The van der Waals surface area contributed by atoms with Crippen molar-refractivity contribution < 1.29 is 9.57 Å². The van der Waals surface area contributed by atoms with E-state index in [9.17, 15) is 0 Å². The molecule has 1 spiro atoms. The average molecular weight is 347 g/mol. The second-order valence-electron chi connectivity index (χ2n) is 5.48. The largest absolute Gasteiger partial charge is 0.471 e. The van der Waals surface area contributed by atoms with E-state index in [0.717, 1.165) is 16.8 Å². The Kier molecular flexibility index (Phi) is 3.51. The molecule has 116 valence electrons. The van der Waals surface area contributed by atoms with Crippen molar-refractivity contribution in [2.45, 2.75) is 12.1 Å². The molecule has 1 unspecified atom stereocenters. The molecule has 2 aromatic carbocycles. The van der Waals surface area contributed by atoms with Crippen molar-refractivity contribution in [1.29, 1.82) is 0 Å². The van der Waals surface area contributed by atoms with Crippen LogP contribution in [-0.2, 0) is 9.57 Å². The van der Waals surface area contributed by atoms with Gasteiger partial charge in [0.05, 0.1) is 12.1 Å². The molecule has 0 bridgehead atoms. The molecule has 6 heteroatoms. The molecule has 4 rings (SSSR count). The molecule has 1 atom stereocenters. The monoisotopic (exact) mass is 346 g/mol. The lowest BCUT2D eigenvalue weighted by Crippen LogP contribution is -2.28. The first kappa shape index (κ1) is 14.5. The van der Waals surface area contributed by atoms with E-state index in [1.165, 1.54) is 0 Å². The summed E-state index contributed by atoms with van der Waals surface area (Å²) < 4.78 is 5.71. The summed E-state index contributed by atoms with van der Waals surface area (Å²) in [6, 6.07) is 14.9. The molecular weight excluding hydrogens is 335 g/mol. The number of aliphatic imine (C=N–C) groups is 1. The van der Waals surface area contributed by atoms with Crippen LogP contribution in [0, 0.1) is 0 Å². The smallest absolute Gasteiger partial charge is 0.269 e. The van der Waals surface area contributed by atoms with Gasteiger partial charge < -0.3 is 9.57 Å². The maximum atomic E-state index is 6.03. The predicted octanol–water partition coefficient (Wildman–Crippen LogP) is 4.29. The summed E-state index contributed by atoms with van der Waals surface area (Å²) in [4.78, 5) is 10.2. The number of hydrogen-bond donors (Lipinski definition) is 0. The second kappa shape index (κ2) is 5.55. The van der Waals surface area contributed by atoms with Crippen LogP contribution in [0.5, 0.6) is 0 Å². The Morgan fingerprint density at radius 2 is 1.78 bits per heavy atom. The first-order valence-electron chi connectivity index (χ1n) is 7.13. The number of nitrogens with zero attached hydrogens (tertiary/aromatic N) is 2. The molecule has 0 N–H and O–H groups in total. The van der Waals surface area contributed by atoms with Crippen molar-refractivity contribution >= 4 is 34.8 Å². The molecule has 2 aromatic rings. The number of rotatable bonds is 2. The normalized spacial score (nSPS) is 22.5. The molecule has 2 heterocycles. The minimum absolute atomic E-state index is 0.332. The van der Waals surface area contributed by atoms with Gasteiger partial charge in [0.1, 0.15) is 0 Å². The van der Waals surface area contributed by atoms with Crippen molar-refractivity contribution in [3.63, 3.8) is 0 Å². The molecular formula is C17H12Cl2N2O2. The number of benzene rings is 2. The van der Waals surface area contributed by atoms with E-state index >= 15 is 0 Å². The van der Waals surface area contributed by atoms with Crippen LogP contribution in [0.2, 0.25) is 10.0 Å². The summed E-state index contributed by atoms with van der Waals surface area (Å²) in [6.45, 7) is 0.332. The van der Waals surface area contributed by atoms with Crippen molar-refractivity contribution in [3.8, 4) is 0 Å². The molecule has 23 heavy (non-hydrogen) atoms.